The van der Waals surface area contributed by atoms with Crippen LogP contribution in [-0.4, -0.2) is 36.1 Å². The number of anilines is 2. The number of hydrogen-bond donors (Lipinski definition) is 2. The van der Waals surface area contributed by atoms with Gasteiger partial charge in [-0.2, -0.15) is 0 Å². The highest BCUT2D eigenvalue weighted by Gasteiger charge is 2.11. The first kappa shape index (κ1) is 20.1. The van der Waals surface area contributed by atoms with Crippen LogP contribution < -0.4 is 20.1 Å². The summed E-state index contributed by atoms with van der Waals surface area (Å²) in [6.45, 7) is 4.72. The number of carbonyl (C=O) groups is 1. The number of hydrogen-bond acceptors (Lipinski definition) is 6. The van der Waals surface area contributed by atoms with E-state index in [-0.39, 0.29) is 5.91 Å². The monoisotopic (exact) mass is 392 g/mol. The van der Waals surface area contributed by atoms with Crippen LogP contribution >= 0.6 is 0 Å². The molecular weight excluding hydrogens is 368 g/mol. The summed E-state index contributed by atoms with van der Waals surface area (Å²) < 4.78 is 10.8. The number of rotatable bonds is 8. The van der Waals surface area contributed by atoms with Crippen LogP contribution in [0, 0.1) is 13.8 Å². The first-order valence-electron chi connectivity index (χ1n) is 9.28. The summed E-state index contributed by atoms with van der Waals surface area (Å²) in [6, 6.07) is 16.6. The Hall–Kier alpha value is -3.61. The molecule has 29 heavy (non-hydrogen) atoms. The molecule has 7 nitrogen and oxygen atoms in total. The second-order valence-electron chi connectivity index (χ2n) is 6.49. The van der Waals surface area contributed by atoms with Gasteiger partial charge in [0.25, 0.3) is 5.91 Å². The lowest BCUT2D eigenvalue weighted by Crippen LogP contribution is -2.18. The Balaban J connectivity index is 1.56. The normalized spacial score (nSPS) is 10.3. The van der Waals surface area contributed by atoms with Crippen LogP contribution in [0.5, 0.6) is 11.5 Å². The van der Waals surface area contributed by atoms with Gasteiger partial charge in [-0.15, -0.1) is 0 Å². The molecule has 150 valence electrons. The molecule has 0 aliphatic heterocycles. The van der Waals surface area contributed by atoms with E-state index in [9.17, 15) is 4.79 Å². The molecule has 0 fully saturated rings. The standard InChI is InChI=1S/C22H24N4O3/c1-15-5-4-6-17(13-15)25-21(27)20-14-16(2)24-22(26-20)23-11-12-29-19-9-7-18(28-3)8-10-19/h4-10,13-14H,11-12H2,1-3H3,(H,25,27)(H,23,24,26). The average molecular weight is 392 g/mol. The van der Waals surface area contributed by atoms with E-state index < -0.39 is 0 Å². The third-order valence-electron chi connectivity index (χ3n) is 4.08. The molecule has 0 aliphatic rings. The van der Waals surface area contributed by atoms with Crippen molar-refractivity contribution in [3.8, 4) is 11.5 Å². The lowest BCUT2D eigenvalue weighted by molar-refractivity contribution is 0.102. The number of aryl methyl sites for hydroxylation is 2. The first-order valence-corrected chi connectivity index (χ1v) is 9.28. The highest BCUT2D eigenvalue weighted by molar-refractivity contribution is 6.03. The highest BCUT2D eigenvalue weighted by Crippen LogP contribution is 2.17. The van der Waals surface area contributed by atoms with Crippen molar-refractivity contribution in [3.05, 3.63) is 71.5 Å². The molecule has 3 aromatic rings. The Kier molecular flexibility index (Phi) is 6.63. The number of ether oxygens (including phenoxy) is 2. The van der Waals surface area contributed by atoms with Crippen molar-refractivity contribution in [3.63, 3.8) is 0 Å². The van der Waals surface area contributed by atoms with Gasteiger partial charge in [-0.25, -0.2) is 9.97 Å². The van der Waals surface area contributed by atoms with Crippen LogP contribution in [-0.2, 0) is 0 Å². The Morgan fingerprint density at radius 2 is 1.76 bits per heavy atom. The zero-order valence-electron chi connectivity index (χ0n) is 16.7. The zero-order chi connectivity index (χ0) is 20.6. The van der Waals surface area contributed by atoms with Gasteiger partial charge in [0.05, 0.1) is 13.7 Å². The van der Waals surface area contributed by atoms with Crippen LogP contribution in [0.1, 0.15) is 21.7 Å². The van der Waals surface area contributed by atoms with Crippen molar-refractivity contribution in [1.29, 1.82) is 0 Å². The van der Waals surface area contributed by atoms with Gasteiger partial charge in [0, 0.05) is 11.4 Å². The van der Waals surface area contributed by atoms with Gasteiger partial charge in [0.1, 0.15) is 23.8 Å². The Labute approximate surface area is 170 Å². The van der Waals surface area contributed by atoms with Crippen LogP contribution in [0.3, 0.4) is 0 Å². The van der Waals surface area contributed by atoms with Gasteiger partial charge in [-0.05, 0) is 61.9 Å². The molecule has 0 saturated carbocycles. The van der Waals surface area contributed by atoms with E-state index in [0.29, 0.717) is 30.5 Å². The third kappa shape index (κ3) is 5.93. The maximum atomic E-state index is 12.5. The van der Waals surface area contributed by atoms with E-state index in [4.69, 9.17) is 9.47 Å². The largest absolute Gasteiger partial charge is 0.497 e. The van der Waals surface area contributed by atoms with E-state index in [1.807, 2.05) is 62.4 Å². The second kappa shape index (κ2) is 9.54. The zero-order valence-corrected chi connectivity index (χ0v) is 16.7. The van der Waals surface area contributed by atoms with E-state index in [0.717, 1.165) is 22.7 Å². The van der Waals surface area contributed by atoms with E-state index in [1.165, 1.54) is 0 Å². The molecule has 0 spiro atoms. The summed E-state index contributed by atoms with van der Waals surface area (Å²) in [5.74, 6) is 1.63. The van der Waals surface area contributed by atoms with Gasteiger partial charge in [-0.3, -0.25) is 4.79 Å². The molecule has 0 atom stereocenters. The summed E-state index contributed by atoms with van der Waals surface area (Å²) >= 11 is 0. The molecule has 0 unspecified atom stereocenters. The number of benzene rings is 2. The number of nitrogens with one attached hydrogen (secondary N) is 2. The fourth-order valence-electron chi connectivity index (χ4n) is 2.69. The van der Waals surface area contributed by atoms with E-state index >= 15 is 0 Å². The average Bonchev–Trinajstić information content (AvgIpc) is 2.71. The van der Waals surface area contributed by atoms with Crippen LogP contribution in [0.25, 0.3) is 0 Å². The molecule has 7 heteroatoms. The van der Waals surface area contributed by atoms with Crippen LogP contribution in [0.15, 0.2) is 54.6 Å². The number of aromatic nitrogens is 2. The maximum Gasteiger partial charge on any atom is 0.274 e. The highest BCUT2D eigenvalue weighted by atomic mass is 16.5. The number of methoxy groups -OCH3 is 1. The van der Waals surface area contributed by atoms with Gasteiger partial charge in [-0.1, -0.05) is 12.1 Å². The topological polar surface area (TPSA) is 85.4 Å². The molecule has 3 rings (SSSR count). The minimum atomic E-state index is -0.279. The van der Waals surface area contributed by atoms with Gasteiger partial charge >= 0.3 is 0 Å². The van der Waals surface area contributed by atoms with E-state index in [1.54, 1.807) is 13.2 Å². The molecule has 1 heterocycles. The Morgan fingerprint density at radius 3 is 2.48 bits per heavy atom. The number of carbonyl (C=O) groups excluding carboxylic acids is 1. The molecular formula is C22H24N4O3. The quantitative estimate of drug-likeness (QED) is 0.567. The van der Waals surface area contributed by atoms with Crippen molar-refractivity contribution in [2.75, 3.05) is 30.9 Å². The molecule has 0 radical (unpaired) electrons. The molecule has 2 N–H and O–H groups in total. The second-order valence-corrected chi connectivity index (χ2v) is 6.49. The number of amides is 1. The summed E-state index contributed by atoms with van der Waals surface area (Å²) in [7, 11) is 1.62. The summed E-state index contributed by atoms with van der Waals surface area (Å²) in [5.41, 5.74) is 2.81. The molecule has 1 amide bonds. The lowest BCUT2D eigenvalue weighted by atomic mass is 10.2. The lowest BCUT2D eigenvalue weighted by Gasteiger charge is -2.10. The third-order valence-corrected chi connectivity index (χ3v) is 4.08. The predicted molar refractivity (Wildman–Crippen MR) is 113 cm³/mol. The van der Waals surface area contributed by atoms with E-state index in [2.05, 4.69) is 20.6 Å². The minimum Gasteiger partial charge on any atom is -0.497 e. The summed E-state index contributed by atoms with van der Waals surface area (Å²) in [6.07, 6.45) is 0. The predicted octanol–water partition coefficient (Wildman–Crippen LogP) is 3.85. The van der Waals surface area contributed by atoms with Crippen molar-refractivity contribution in [2.24, 2.45) is 0 Å². The Bertz CT molecular complexity index is 974. The van der Waals surface area contributed by atoms with Crippen molar-refractivity contribution >= 4 is 17.5 Å². The fourth-order valence-corrected chi connectivity index (χ4v) is 2.69. The van der Waals surface area contributed by atoms with Gasteiger partial charge in [0.2, 0.25) is 5.95 Å². The Morgan fingerprint density at radius 1 is 1.00 bits per heavy atom. The molecule has 2 aromatic carbocycles. The summed E-state index contributed by atoms with van der Waals surface area (Å²) in [5, 5.41) is 5.95. The van der Waals surface area contributed by atoms with Crippen LogP contribution in [0.4, 0.5) is 11.6 Å². The van der Waals surface area contributed by atoms with Gasteiger partial charge in [0.15, 0.2) is 0 Å². The molecule has 1 aromatic heterocycles. The fraction of sp³-hybridized carbons (Fsp3) is 0.227. The minimum absolute atomic E-state index is 0.279. The molecule has 0 bridgehead atoms. The summed E-state index contributed by atoms with van der Waals surface area (Å²) in [4.78, 5) is 21.2. The van der Waals surface area contributed by atoms with Crippen LogP contribution in [0.2, 0.25) is 0 Å². The molecule has 0 saturated heterocycles. The number of nitrogens with zero attached hydrogens (tertiary/aromatic N) is 2. The van der Waals surface area contributed by atoms with Crippen molar-refractivity contribution < 1.29 is 14.3 Å². The smallest absolute Gasteiger partial charge is 0.274 e. The van der Waals surface area contributed by atoms with Crippen molar-refractivity contribution in [1.82, 2.24) is 9.97 Å². The van der Waals surface area contributed by atoms with Gasteiger partial charge < -0.3 is 20.1 Å². The van der Waals surface area contributed by atoms with Crippen molar-refractivity contribution in [2.45, 2.75) is 13.8 Å². The molecule has 0 aliphatic carbocycles. The first-order chi connectivity index (χ1) is 14.0. The SMILES string of the molecule is COc1ccc(OCCNc2nc(C)cc(C(=O)Nc3cccc(C)c3)n2)cc1. The maximum absolute atomic E-state index is 12.5.